The second-order valence-electron chi connectivity index (χ2n) is 5.32. The van der Waals surface area contributed by atoms with Gasteiger partial charge in [-0.1, -0.05) is 32.0 Å². The fraction of sp³-hybridized carbons (Fsp3) is 0.533. The van der Waals surface area contributed by atoms with Crippen molar-refractivity contribution in [3.05, 3.63) is 29.3 Å². The van der Waals surface area contributed by atoms with Gasteiger partial charge >= 0.3 is 0 Å². The molecule has 3 heteroatoms. The Bertz CT molecular complexity index is 454. The molecule has 1 N–H and O–H groups in total. The Morgan fingerprint density at radius 1 is 1.39 bits per heavy atom. The predicted octanol–water partition coefficient (Wildman–Crippen LogP) is 2.61. The highest BCUT2D eigenvalue weighted by Crippen LogP contribution is 2.33. The number of hydrogen-bond donors (Lipinski definition) is 1. The number of aryl methyl sites for hydroxylation is 1. The van der Waals surface area contributed by atoms with Crippen LogP contribution in [0.3, 0.4) is 0 Å². The molecule has 0 aliphatic carbocycles. The molecule has 1 aromatic carbocycles. The van der Waals surface area contributed by atoms with Gasteiger partial charge in [-0.2, -0.15) is 0 Å². The highest BCUT2D eigenvalue weighted by molar-refractivity contribution is 5.98. The van der Waals surface area contributed by atoms with Crippen molar-refractivity contribution in [2.45, 2.75) is 45.6 Å². The number of rotatable bonds is 2. The van der Waals surface area contributed by atoms with E-state index in [2.05, 4.69) is 19.9 Å². The maximum absolute atomic E-state index is 12.1. The van der Waals surface area contributed by atoms with E-state index in [1.54, 1.807) is 4.90 Å². The first kappa shape index (κ1) is 13.1. The molecule has 0 radical (unpaired) electrons. The molecule has 2 rings (SSSR count). The van der Waals surface area contributed by atoms with Crippen LogP contribution >= 0.6 is 0 Å². The number of nitrogens with zero attached hydrogens (tertiary/aromatic N) is 1. The molecule has 3 nitrogen and oxygen atoms in total. The molecule has 98 valence electrons. The largest absolute Gasteiger partial charge is 0.383 e. The molecule has 0 aromatic heterocycles. The molecule has 1 saturated heterocycles. The van der Waals surface area contributed by atoms with E-state index in [1.807, 2.05) is 19.1 Å². The smallest absolute Gasteiger partial charge is 0.255 e. The van der Waals surface area contributed by atoms with E-state index in [0.29, 0.717) is 18.9 Å². The van der Waals surface area contributed by atoms with Crippen LogP contribution in [0.25, 0.3) is 0 Å². The summed E-state index contributed by atoms with van der Waals surface area (Å²) < 4.78 is 0. The third-order valence-electron chi connectivity index (χ3n) is 3.57. The van der Waals surface area contributed by atoms with Gasteiger partial charge in [0, 0.05) is 6.54 Å². The molecule has 0 saturated carbocycles. The monoisotopic (exact) mass is 247 g/mol. The Balaban J connectivity index is 2.46. The summed E-state index contributed by atoms with van der Waals surface area (Å²) in [4.78, 5) is 13.9. The van der Waals surface area contributed by atoms with Crippen molar-refractivity contribution in [3.8, 4) is 0 Å². The molecule has 1 unspecified atom stereocenters. The standard InChI is InChI=1S/C15H21NO2/c1-10(2)12-7-4-6-11(3)14(12)16-9-5-8-13(17)15(16)18/h4,6-7,10,13,17H,5,8-9H2,1-3H3. The van der Waals surface area contributed by atoms with Crippen LogP contribution in [-0.2, 0) is 4.79 Å². The van der Waals surface area contributed by atoms with E-state index < -0.39 is 6.10 Å². The van der Waals surface area contributed by atoms with Crippen LogP contribution in [0.1, 0.15) is 43.7 Å². The van der Waals surface area contributed by atoms with E-state index in [0.717, 1.165) is 17.7 Å². The third-order valence-corrected chi connectivity index (χ3v) is 3.57. The molecule has 1 aromatic rings. The van der Waals surface area contributed by atoms with Gasteiger partial charge in [0.1, 0.15) is 6.10 Å². The second kappa shape index (κ2) is 5.11. The molecule has 0 bridgehead atoms. The highest BCUT2D eigenvalue weighted by atomic mass is 16.3. The molecule has 1 atom stereocenters. The lowest BCUT2D eigenvalue weighted by atomic mass is 9.95. The molecule has 1 aliphatic heterocycles. The Labute approximate surface area is 108 Å². The summed E-state index contributed by atoms with van der Waals surface area (Å²) in [5.74, 6) is 0.212. The summed E-state index contributed by atoms with van der Waals surface area (Å²) in [6.07, 6.45) is 0.607. The number of aliphatic hydroxyl groups is 1. The van der Waals surface area contributed by atoms with Crippen molar-refractivity contribution in [1.82, 2.24) is 0 Å². The van der Waals surface area contributed by atoms with Gasteiger partial charge in [0.15, 0.2) is 0 Å². The third kappa shape index (κ3) is 2.27. The predicted molar refractivity (Wildman–Crippen MR) is 72.9 cm³/mol. The van der Waals surface area contributed by atoms with Crippen LogP contribution in [0.2, 0.25) is 0 Å². The summed E-state index contributed by atoms with van der Waals surface area (Å²) in [5.41, 5.74) is 3.28. The Morgan fingerprint density at radius 2 is 2.11 bits per heavy atom. The minimum absolute atomic E-state index is 0.155. The Morgan fingerprint density at radius 3 is 2.78 bits per heavy atom. The van der Waals surface area contributed by atoms with Gasteiger partial charge in [-0.15, -0.1) is 0 Å². The number of carbonyl (C=O) groups is 1. The number of para-hydroxylation sites is 1. The fourth-order valence-corrected chi connectivity index (χ4v) is 2.59. The first-order chi connectivity index (χ1) is 8.52. The first-order valence-electron chi connectivity index (χ1n) is 6.61. The molecule has 18 heavy (non-hydrogen) atoms. The quantitative estimate of drug-likeness (QED) is 0.872. The zero-order chi connectivity index (χ0) is 13.3. The van der Waals surface area contributed by atoms with Gasteiger partial charge in [-0.05, 0) is 36.8 Å². The van der Waals surface area contributed by atoms with Crippen LogP contribution in [0, 0.1) is 6.92 Å². The van der Waals surface area contributed by atoms with Crippen LogP contribution in [-0.4, -0.2) is 23.7 Å². The number of hydrogen-bond acceptors (Lipinski definition) is 2. The average Bonchev–Trinajstić information content (AvgIpc) is 2.33. The number of aliphatic hydroxyl groups excluding tert-OH is 1. The van der Waals surface area contributed by atoms with Crippen LogP contribution in [0.15, 0.2) is 18.2 Å². The maximum Gasteiger partial charge on any atom is 0.255 e. The lowest BCUT2D eigenvalue weighted by Gasteiger charge is -2.33. The minimum Gasteiger partial charge on any atom is -0.383 e. The summed E-state index contributed by atoms with van der Waals surface area (Å²) in [7, 11) is 0. The summed E-state index contributed by atoms with van der Waals surface area (Å²) in [6, 6.07) is 6.12. The average molecular weight is 247 g/mol. The van der Waals surface area contributed by atoms with E-state index >= 15 is 0 Å². The van der Waals surface area contributed by atoms with Crippen LogP contribution in [0.5, 0.6) is 0 Å². The topological polar surface area (TPSA) is 40.5 Å². The van der Waals surface area contributed by atoms with Crippen LogP contribution in [0.4, 0.5) is 5.69 Å². The van der Waals surface area contributed by atoms with Crippen LogP contribution < -0.4 is 4.90 Å². The van der Waals surface area contributed by atoms with E-state index in [-0.39, 0.29) is 5.91 Å². The number of amides is 1. The van der Waals surface area contributed by atoms with Crippen molar-refractivity contribution >= 4 is 11.6 Å². The summed E-state index contributed by atoms with van der Waals surface area (Å²) in [6.45, 7) is 6.99. The molecule has 1 heterocycles. The number of piperidine rings is 1. The minimum atomic E-state index is -0.835. The second-order valence-corrected chi connectivity index (χ2v) is 5.32. The molecule has 0 spiro atoms. The van der Waals surface area contributed by atoms with Crippen molar-refractivity contribution in [3.63, 3.8) is 0 Å². The number of benzene rings is 1. The zero-order valence-electron chi connectivity index (χ0n) is 11.3. The molecular formula is C15H21NO2. The van der Waals surface area contributed by atoms with Crippen molar-refractivity contribution in [2.24, 2.45) is 0 Å². The van der Waals surface area contributed by atoms with Crippen molar-refractivity contribution < 1.29 is 9.90 Å². The molecule has 1 aliphatic rings. The normalized spacial score (nSPS) is 20.6. The summed E-state index contributed by atoms with van der Waals surface area (Å²) >= 11 is 0. The molecule has 1 fully saturated rings. The van der Waals surface area contributed by atoms with E-state index in [1.165, 1.54) is 5.56 Å². The SMILES string of the molecule is Cc1cccc(C(C)C)c1N1CCCC(O)C1=O. The van der Waals surface area contributed by atoms with Gasteiger partial charge in [0.2, 0.25) is 0 Å². The number of anilines is 1. The van der Waals surface area contributed by atoms with Gasteiger partial charge in [0.25, 0.3) is 5.91 Å². The fourth-order valence-electron chi connectivity index (χ4n) is 2.59. The van der Waals surface area contributed by atoms with Gasteiger partial charge < -0.3 is 10.0 Å². The van der Waals surface area contributed by atoms with Gasteiger partial charge in [0.05, 0.1) is 5.69 Å². The van der Waals surface area contributed by atoms with E-state index in [4.69, 9.17) is 0 Å². The molecular weight excluding hydrogens is 226 g/mol. The zero-order valence-corrected chi connectivity index (χ0v) is 11.3. The van der Waals surface area contributed by atoms with Crippen molar-refractivity contribution in [1.29, 1.82) is 0 Å². The first-order valence-corrected chi connectivity index (χ1v) is 6.61. The van der Waals surface area contributed by atoms with E-state index in [9.17, 15) is 9.90 Å². The molecule has 1 amide bonds. The van der Waals surface area contributed by atoms with Gasteiger partial charge in [-0.25, -0.2) is 0 Å². The highest BCUT2D eigenvalue weighted by Gasteiger charge is 2.30. The van der Waals surface area contributed by atoms with Gasteiger partial charge in [-0.3, -0.25) is 4.79 Å². The lowest BCUT2D eigenvalue weighted by molar-refractivity contribution is -0.128. The van der Waals surface area contributed by atoms with Crippen molar-refractivity contribution in [2.75, 3.05) is 11.4 Å². The number of carbonyl (C=O) groups excluding carboxylic acids is 1. The summed E-state index contributed by atoms with van der Waals surface area (Å²) in [5, 5.41) is 9.74. The Kier molecular flexibility index (Phi) is 3.71. The lowest BCUT2D eigenvalue weighted by Crippen LogP contribution is -2.45. The maximum atomic E-state index is 12.1. The Hall–Kier alpha value is -1.35.